The third-order valence-electron chi connectivity index (χ3n) is 3.69. The molecule has 1 aromatic rings. The monoisotopic (exact) mass is 451 g/mol. The van der Waals surface area contributed by atoms with Gasteiger partial charge in [-0.2, -0.15) is 5.10 Å². The Morgan fingerprint density at radius 3 is 2.92 bits per heavy atom. The van der Waals surface area contributed by atoms with Gasteiger partial charge < -0.3 is 20.1 Å². The smallest absolute Gasteiger partial charge is 0.194 e. The summed E-state index contributed by atoms with van der Waals surface area (Å²) in [5.41, 5.74) is 1.12. The summed E-state index contributed by atoms with van der Waals surface area (Å²) >= 11 is 0. The fourth-order valence-corrected chi connectivity index (χ4v) is 2.27. The molecule has 0 spiro atoms. The zero-order chi connectivity index (χ0) is 16.7. The van der Waals surface area contributed by atoms with Crippen molar-refractivity contribution in [2.45, 2.75) is 32.4 Å². The van der Waals surface area contributed by atoms with Gasteiger partial charge in [-0.3, -0.25) is 9.67 Å². The largest absolute Gasteiger partial charge is 0.389 e. The maximum Gasteiger partial charge on any atom is 0.194 e. The lowest BCUT2D eigenvalue weighted by Gasteiger charge is -2.22. The van der Waals surface area contributed by atoms with Gasteiger partial charge in [-0.1, -0.05) is 0 Å². The standard InChI is InChI=1S/C16H29N5O2.HI/c1-4-17-16(20(2)9-14-7-19-21(3)10-14)18-8-15(22)12-23-11-13-5-6-13;/h7,10,13,15,22H,4-6,8-9,11-12H2,1-3H3,(H,17,18);1H. The van der Waals surface area contributed by atoms with Gasteiger partial charge in [-0.05, 0) is 25.7 Å². The first-order valence-electron chi connectivity index (χ1n) is 8.31. The highest BCUT2D eigenvalue weighted by atomic mass is 127. The molecule has 8 heteroatoms. The molecule has 1 aromatic heterocycles. The van der Waals surface area contributed by atoms with Crippen LogP contribution in [0.3, 0.4) is 0 Å². The molecule has 0 aromatic carbocycles. The van der Waals surface area contributed by atoms with Gasteiger partial charge in [-0.25, -0.2) is 0 Å². The van der Waals surface area contributed by atoms with Gasteiger partial charge in [-0.15, -0.1) is 24.0 Å². The van der Waals surface area contributed by atoms with E-state index in [1.165, 1.54) is 12.8 Å². The number of aryl methyl sites for hydroxylation is 1. The van der Waals surface area contributed by atoms with E-state index in [2.05, 4.69) is 15.4 Å². The number of rotatable bonds is 9. The maximum absolute atomic E-state index is 9.98. The number of hydrogen-bond donors (Lipinski definition) is 2. The summed E-state index contributed by atoms with van der Waals surface area (Å²) in [4.78, 5) is 6.53. The molecule has 1 unspecified atom stereocenters. The minimum absolute atomic E-state index is 0. The average Bonchev–Trinajstić information content (AvgIpc) is 3.25. The summed E-state index contributed by atoms with van der Waals surface area (Å²) in [6.07, 6.45) is 5.80. The molecule has 24 heavy (non-hydrogen) atoms. The van der Waals surface area contributed by atoms with Gasteiger partial charge >= 0.3 is 0 Å². The Balaban J connectivity index is 0.00000288. The molecular weight excluding hydrogens is 421 g/mol. The molecule has 0 radical (unpaired) electrons. The maximum atomic E-state index is 9.98. The van der Waals surface area contributed by atoms with Crippen molar-refractivity contribution in [1.29, 1.82) is 0 Å². The zero-order valence-electron chi connectivity index (χ0n) is 14.8. The lowest BCUT2D eigenvalue weighted by molar-refractivity contribution is 0.0367. The van der Waals surface area contributed by atoms with Gasteiger partial charge in [0.15, 0.2) is 5.96 Å². The highest BCUT2D eigenvalue weighted by Gasteiger charge is 2.21. The number of aliphatic hydroxyl groups excluding tert-OH is 1. The van der Waals surface area contributed by atoms with Crippen LogP contribution in [0.15, 0.2) is 17.4 Å². The fourth-order valence-electron chi connectivity index (χ4n) is 2.27. The second kappa shape index (κ2) is 10.9. The molecule has 0 amide bonds. The highest BCUT2D eigenvalue weighted by molar-refractivity contribution is 14.0. The summed E-state index contributed by atoms with van der Waals surface area (Å²) in [5, 5.41) is 17.4. The van der Waals surface area contributed by atoms with E-state index in [9.17, 15) is 5.11 Å². The van der Waals surface area contributed by atoms with Crippen molar-refractivity contribution < 1.29 is 9.84 Å². The Morgan fingerprint density at radius 1 is 1.58 bits per heavy atom. The van der Waals surface area contributed by atoms with Gasteiger partial charge in [0.2, 0.25) is 0 Å². The average molecular weight is 451 g/mol. The lowest BCUT2D eigenvalue weighted by atomic mass is 10.3. The van der Waals surface area contributed by atoms with Crippen LogP contribution in [0.5, 0.6) is 0 Å². The summed E-state index contributed by atoms with van der Waals surface area (Å²) in [7, 11) is 3.88. The Bertz CT molecular complexity index is 504. The molecule has 1 atom stereocenters. The third kappa shape index (κ3) is 7.80. The summed E-state index contributed by atoms with van der Waals surface area (Å²) in [6.45, 7) is 4.99. The lowest BCUT2D eigenvalue weighted by Crippen LogP contribution is -2.39. The topological polar surface area (TPSA) is 74.9 Å². The van der Waals surface area contributed by atoms with Crippen molar-refractivity contribution in [3.8, 4) is 0 Å². The second-order valence-electron chi connectivity index (χ2n) is 6.21. The first-order valence-corrected chi connectivity index (χ1v) is 8.31. The minimum Gasteiger partial charge on any atom is -0.389 e. The Kier molecular flexibility index (Phi) is 9.60. The number of nitrogens with zero attached hydrogens (tertiary/aromatic N) is 4. The normalized spacial score (nSPS) is 15.8. The quantitative estimate of drug-likeness (QED) is 0.336. The van der Waals surface area contributed by atoms with E-state index in [4.69, 9.17) is 4.74 Å². The van der Waals surface area contributed by atoms with Crippen LogP contribution in [0.2, 0.25) is 0 Å². The summed E-state index contributed by atoms with van der Waals surface area (Å²) in [6, 6.07) is 0. The second-order valence-corrected chi connectivity index (χ2v) is 6.21. The Labute approximate surface area is 161 Å². The zero-order valence-corrected chi connectivity index (χ0v) is 17.1. The van der Waals surface area contributed by atoms with Crippen molar-refractivity contribution >= 4 is 29.9 Å². The molecule has 1 fully saturated rings. The SMILES string of the molecule is CCNC(=NCC(O)COCC1CC1)N(C)Cc1cnn(C)c1.I. The number of aliphatic imine (C=N–C) groups is 1. The van der Waals surface area contributed by atoms with Gasteiger partial charge in [0, 0.05) is 45.6 Å². The van der Waals surface area contributed by atoms with Crippen LogP contribution in [-0.4, -0.2) is 65.2 Å². The van der Waals surface area contributed by atoms with Crippen LogP contribution >= 0.6 is 24.0 Å². The van der Waals surface area contributed by atoms with Crippen LogP contribution in [0.4, 0.5) is 0 Å². The van der Waals surface area contributed by atoms with Crippen molar-refractivity contribution in [3.63, 3.8) is 0 Å². The molecule has 1 aliphatic carbocycles. The van der Waals surface area contributed by atoms with Crippen LogP contribution in [-0.2, 0) is 18.3 Å². The first kappa shape index (κ1) is 21.2. The van der Waals surface area contributed by atoms with Crippen molar-refractivity contribution in [1.82, 2.24) is 20.0 Å². The number of ether oxygens (including phenoxy) is 1. The van der Waals surface area contributed by atoms with E-state index in [-0.39, 0.29) is 24.0 Å². The van der Waals surface area contributed by atoms with Gasteiger partial charge in [0.05, 0.1) is 25.5 Å². The summed E-state index contributed by atoms with van der Waals surface area (Å²) < 4.78 is 7.29. The molecule has 2 rings (SSSR count). The number of hydrogen-bond acceptors (Lipinski definition) is 4. The number of nitrogens with one attached hydrogen (secondary N) is 1. The van der Waals surface area contributed by atoms with Gasteiger partial charge in [0.1, 0.15) is 0 Å². The van der Waals surface area contributed by atoms with E-state index < -0.39 is 6.10 Å². The molecule has 1 aliphatic rings. The van der Waals surface area contributed by atoms with Crippen LogP contribution in [0, 0.1) is 5.92 Å². The first-order chi connectivity index (χ1) is 11.1. The predicted molar refractivity (Wildman–Crippen MR) is 106 cm³/mol. The van der Waals surface area contributed by atoms with E-state index in [1.807, 2.05) is 38.3 Å². The fraction of sp³-hybridized carbons (Fsp3) is 0.750. The molecular formula is C16H30IN5O2. The van der Waals surface area contributed by atoms with Crippen molar-refractivity contribution in [2.75, 3.05) is 33.4 Å². The van der Waals surface area contributed by atoms with Crippen LogP contribution in [0.25, 0.3) is 0 Å². The van der Waals surface area contributed by atoms with E-state index in [0.717, 1.165) is 24.7 Å². The Morgan fingerprint density at radius 2 is 2.33 bits per heavy atom. The summed E-state index contributed by atoms with van der Waals surface area (Å²) in [5.74, 6) is 1.49. The van der Waals surface area contributed by atoms with Gasteiger partial charge in [0.25, 0.3) is 0 Å². The van der Waals surface area contributed by atoms with Crippen LogP contribution < -0.4 is 5.32 Å². The highest BCUT2D eigenvalue weighted by Crippen LogP contribution is 2.28. The van der Waals surface area contributed by atoms with Crippen molar-refractivity contribution in [2.24, 2.45) is 18.0 Å². The number of halogens is 1. The number of aromatic nitrogens is 2. The number of aliphatic hydroxyl groups is 1. The molecule has 0 aliphatic heterocycles. The predicted octanol–water partition coefficient (Wildman–Crippen LogP) is 1.22. The van der Waals surface area contributed by atoms with Crippen LogP contribution in [0.1, 0.15) is 25.3 Å². The van der Waals surface area contributed by atoms with E-state index in [0.29, 0.717) is 25.6 Å². The molecule has 2 N–H and O–H groups in total. The van der Waals surface area contributed by atoms with Crippen molar-refractivity contribution in [3.05, 3.63) is 18.0 Å². The molecule has 0 bridgehead atoms. The van der Waals surface area contributed by atoms with E-state index >= 15 is 0 Å². The molecule has 138 valence electrons. The molecule has 1 saturated carbocycles. The molecule has 0 saturated heterocycles. The molecule has 7 nitrogen and oxygen atoms in total. The number of guanidine groups is 1. The Hall–Kier alpha value is -0.870. The third-order valence-corrected chi connectivity index (χ3v) is 3.69. The van der Waals surface area contributed by atoms with E-state index in [1.54, 1.807) is 4.68 Å². The minimum atomic E-state index is -0.561. The molecule has 1 heterocycles.